The number of alkyl halides is 3. The Balaban J connectivity index is 1.51. The minimum atomic E-state index is -4.47. The van der Waals surface area contributed by atoms with Crippen molar-refractivity contribution in [3.8, 4) is 11.5 Å². The largest absolute Gasteiger partial charge is 0.457 e. The molecule has 1 saturated heterocycles. The molecule has 3 N–H and O–H groups in total. The summed E-state index contributed by atoms with van der Waals surface area (Å²) in [6, 6.07) is 9.29. The second-order valence-corrected chi connectivity index (χ2v) is 10.6. The van der Waals surface area contributed by atoms with Crippen molar-refractivity contribution in [2.75, 3.05) is 13.1 Å². The van der Waals surface area contributed by atoms with E-state index in [1.165, 1.54) is 29.7 Å². The molecule has 0 atom stereocenters. The molecule has 2 aromatic carbocycles. The maximum absolute atomic E-state index is 13.6. The number of benzene rings is 2. The van der Waals surface area contributed by atoms with Crippen LogP contribution in [0.4, 0.5) is 13.2 Å². The van der Waals surface area contributed by atoms with E-state index in [1.54, 1.807) is 12.4 Å². The molecule has 192 valence electrons. The predicted molar refractivity (Wildman–Crippen MR) is 121 cm³/mol. The van der Waals surface area contributed by atoms with E-state index < -0.39 is 32.2 Å². The zero-order chi connectivity index (χ0) is 26.0. The second kappa shape index (κ2) is 9.91. The topological polar surface area (TPSA) is 125 Å². The highest BCUT2D eigenvalue weighted by Gasteiger charge is 2.53. The van der Waals surface area contributed by atoms with E-state index in [1.807, 2.05) is 4.90 Å². The number of likely N-dealkylation sites (tertiary alicyclic amines) is 1. The molecule has 1 fully saturated rings. The Kier molecular flexibility index (Phi) is 7.07. The van der Waals surface area contributed by atoms with Crippen molar-refractivity contribution >= 4 is 15.7 Å². The number of rotatable bonds is 7. The van der Waals surface area contributed by atoms with Gasteiger partial charge in [-0.05, 0) is 61.4 Å². The van der Waals surface area contributed by atoms with E-state index in [0.29, 0.717) is 12.4 Å². The lowest BCUT2D eigenvalue weighted by Crippen LogP contribution is -2.57. The molecular formula is C23H23F3N4O5S. The summed E-state index contributed by atoms with van der Waals surface area (Å²) in [6.07, 6.45) is -1.28. The van der Waals surface area contributed by atoms with Gasteiger partial charge in [0.05, 0.1) is 17.0 Å². The average molecular weight is 525 g/mol. The molecular weight excluding hydrogens is 501 g/mol. The van der Waals surface area contributed by atoms with Crippen LogP contribution in [0.25, 0.3) is 0 Å². The number of nitrogens with zero attached hydrogens (tertiary/aromatic N) is 2. The van der Waals surface area contributed by atoms with Crippen molar-refractivity contribution in [3.63, 3.8) is 0 Å². The average Bonchev–Trinajstić information content (AvgIpc) is 3.37. The molecule has 2 heterocycles. The molecule has 1 aliphatic rings. The smallest absolute Gasteiger partial charge is 0.416 e. The Morgan fingerprint density at radius 2 is 1.67 bits per heavy atom. The van der Waals surface area contributed by atoms with Crippen LogP contribution in [0.15, 0.2) is 65.8 Å². The Labute approximate surface area is 204 Å². The molecule has 0 spiro atoms. The number of nitrogens with one attached hydrogen (secondary N) is 2. The van der Waals surface area contributed by atoms with Crippen molar-refractivity contribution in [3.05, 3.63) is 72.3 Å². The van der Waals surface area contributed by atoms with Crippen LogP contribution < -0.4 is 10.2 Å². The number of ether oxygens (including phenoxy) is 1. The molecule has 3 aromatic rings. The summed E-state index contributed by atoms with van der Waals surface area (Å²) in [4.78, 5) is 21.6. The lowest BCUT2D eigenvalue weighted by Gasteiger charge is -2.39. The molecule has 4 rings (SSSR count). The molecule has 36 heavy (non-hydrogen) atoms. The van der Waals surface area contributed by atoms with Crippen LogP contribution in [0.2, 0.25) is 0 Å². The Morgan fingerprint density at radius 1 is 1.08 bits per heavy atom. The van der Waals surface area contributed by atoms with Crippen LogP contribution in [0.3, 0.4) is 0 Å². The van der Waals surface area contributed by atoms with E-state index in [-0.39, 0.29) is 42.3 Å². The van der Waals surface area contributed by atoms with Gasteiger partial charge < -0.3 is 9.72 Å². The minimum Gasteiger partial charge on any atom is -0.457 e. The quantitative estimate of drug-likeness (QED) is 0.319. The molecule has 0 aliphatic carbocycles. The number of halogens is 3. The van der Waals surface area contributed by atoms with Crippen molar-refractivity contribution < 1.29 is 36.3 Å². The second-order valence-electron chi connectivity index (χ2n) is 8.35. The molecule has 1 aliphatic heterocycles. The predicted octanol–water partition coefficient (Wildman–Crippen LogP) is 3.53. The highest BCUT2D eigenvalue weighted by atomic mass is 32.2. The molecule has 1 aromatic heterocycles. The first-order valence-corrected chi connectivity index (χ1v) is 12.4. The van der Waals surface area contributed by atoms with E-state index in [2.05, 4.69) is 9.97 Å². The number of hydrogen-bond donors (Lipinski definition) is 3. The Bertz CT molecular complexity index is 1290. The van der Waals surface area contributed by atoms with Crippen LogP contribution >= 0.6 is 0 Å². The lowest BCUT2D eigenvalue weighted by atomic mass is 9.95. The molecule has 0 unspecified atom stereocenters. The van der Waals surface area contributed by atoms with Crippen molar-refractivity contribution in [1.82, 2.24) is 20.3 Å². The molecule has 0 bridgehead atoms. The number of hydrogen-bond acceptors (Lipinski definition) is 7. The summed E-state index contributed by atoms with van der Waals surface area (Å²) >= 11 is 0. The van der Waals surface area contributed by atoms with Gasteiger partial charge in [-0.2, -0.15) is 13.2 Å². The first kappa shape index (κ1) is 25.7. The number of piperidine rings is 1. The fraction of sp³-hybridized carbons (Fsp3) is 0.304. The van der Waals surface area contributed by atoms with Gasteiger partial charge in [0, 0.05) is 25.5 Å². The normalized spacial score (nSPS) is 16.4. The van der Waals surface area contributed by atoms with Gasteiger partial charge in [-0.15, -0.1) is 0 Å². The number of aromatic nitrogens is 2. The third-order valence-electron chi connectivity index (χ3n) is 6.17. The Morgan fingerprint density at radius 3 is 2.17 bits per heavy atom. The molecule has 13 heteroatoms. The van der Waals surface area contributed by atoms with Crippen LogP contribution in [-0.2, 0) is 27.4 Å². The summed E-state index contributed by atoms with van der Waals surface area (Å²) in [5.74, 6) is 0.0344. The van der Waals surface area contributed by atoms with Gasteiger partial charge in [0.25, 0.3) is 5.91 Å². The standard InChI is InChI=1S/C23H23F3N4O5S/c24-23(25,26)16-1-3-17(4-2-16)35-18-5-7-19(8-6-18)36(33,34)22(21(31)29-32)9-13-30(14-10-22)15-20-27-11-12-28-20/h1-8,11-12,32H,9-10,13-15H2,(H,27,28)(H,29,31). The number of amides is 1. The van der Waals surface area contributed by atoms with E-state index in [4.69, 9.17) is 4.74 Å². The van der Waals surface area contributed by atoms with Gasteiger partial charge in [0.1, 0.15) is 17.3 Å². The van der Waals surface area contributed by atoms with Crippen LogP contribution in [0.5, 0.6) is 11.5 Å². The van der Waals surface area contributed by atoms with Gasteiger partial charge in [0.2, 0.25) is 0 Å². The zero-order valence-corrected chi connectivity index (χ0v) is 19.6. The maximum Gasteiger partial charge on any atom is 0.416 e. The van der Waals surface area contributed by atoms with Crippen LogP contribution in [0.1, 0.15) is 24.2 Å². The molecule has 1 amide bonds. The molecule has 9 nitrogen and oxygen atoms in total. The molecule has 0 saturated carbocycles. The summed E-state index contributed by atoms with van der Waals surface area (Å²) in [5, 5.41) is 9.33. The number of H-pyrrole nitrogens is 1. The fourth-order valence-corrected chi connectivity index (χ4v) is 6.10. The number of carbonyl (C=O) groups is 1. The number of imidazole rings is 1. The van der Waals surface area contributed by atoms with Gasteiger partial charge in [-0.25, -0.2) is 18.9 Å². The summed E-state index contributed by atoms with van der Waals surface area (Å²) in [6.45, 7) is 1.02. The number of hydroxylamine groups is 1. The van der Waals surface area contributed by atoms with Gasteiger partial charge >= 0.3 is 6.18 Å². The van der Waals surface area contributed by atoms with E-state index >= 15 is 0 Å². The highest BCUT2D eigenvalue weighted by Crippen LogP contribution is 2.37. The summed E-state index contributed by atoms with van der Waals surface area (Å²) in [7, 11) is -4.23. The van der Waals surface area contributed by atoms with E-state index in [0.717, 1.165) is 24.3 Å². The van der Waals surface area contributed by atoms with E-state index in [9.17, 15) is 31.6 Å². The van der Waals surface area contributed by atoms with Crippen molar-refractivity contribution in [2.45, 2.75) is 35.2 Å². The maximum atomic E-state index is 13.6. The van der Waals surface area contributed by atoms with Crippen LogP contribution in [0, 0.1) is 0 Å². The lowest BCUT2D eigenvalue weighted by molar-refractivity contribution is -0.137. The third-order valence-corrected chi connectivity index (χ3v) is 8.69. The summed E-state index contributed by atoms with van der Waals surface area (Å²) < 4.78 is 69.0. The first-order chi connectivity index (χ1) is 17.0. The van der Waals surface area contributed by atoms with Gasteiger partial charge in [0.15, 0.2) is 14.6 Å². The Hall–Kier alpha value is -3.42. The monoisotopic (exact) mass is 524 g/mol. The van der Waals surface area contributed by atoms with Gasteiger partial charge in [-0.3, -0.25) is 14.9 Å². The van der Waals surface area contributed by atoms with Crippen molar-refractivity contribution in [1.29, 1.82) is 0 Å². The van der Waals surface area contributed by atoms with Crippen molar-refractivity contribution in [2.24, 2.45) is 0 Å². The summed E-state index contributed by atoms with van der Waals surface area (Å²) in [5.41, 5.74) is 0.691. The highest BCUT2D eigenvalue weighted by molar-refractivity contribution is 7.93. The minimum absolute atomic E-state index is 0.0494. The number of sulfone groups is 1. The fourth-order valence-electron chi connectivity index (χ4n) is 4.15. The van der Waals surface area contributed by atoms with Crippen LogP contribution in [-0.4, -0.2) is 52.2 Å². The zero-order valence-electron chi connectivity index (χ0n) is 18.8. The number of aromatic amines is 1. The third kappa shape index (κ3) is 5.08. The number of carbonyl (C=O) groups excluding carboxylic acids is 1. The molecule has 0 radical (unpaired) electrons. The van der Waals surface area contributed by atoms with Gasteiger partial charge in [-0.1, -0.05) is 0 Å². The first-order valence-electron chi connectivity index (χ1n) is 10.9. The SMILES string of the molecule is O=C(NO)C1(S(=O)(=O)c2ccc(Oc3ccc(C(F)(F)F)cc3)cc2)CCN(Cc2ncc[nH]2)CC1.